The van der Waals surface area contributed by atoms with Crippen LogP contribution in [0.4, 0.5) is 0 Å². The first-order valence-electron chi connectivity index (χ1n) is 28.6. The van der Waals surface area contributed by atoms with Gasteiger partial charge in [-0.3, -0.25) is 0 Å². The Balaban J connectivity index is 2.00. The van der Waals surface area contributed by atoms with Crippen molar-refractivity contribution in [2.24, 2.45) is 23.7 Å². The third kappa shape index (κ3) is 34.8. The number of hydrogen-bond donors (Lipinski definition) is 0. The molecule has 5 atom stereocenters. The fourth-order valence-corrected chi connectivity index (χ4v) is 11.6. The van der Waals surface area contributed by atoms with E-state index in [0.717, 1.165) is 36.9 Å². The predicted molar refractivity (Wildman–Crippen MR) is 278 cm³/mol. The van der Waals surface area contributed by atoms with Gasteiger partial charge in [-0.1, -0.05) is 286 Å². The molecule has 1 saturated carbocycles. The molecular formula is C58H116O2Si. The molecule has 1 aliphatic rings. The minimum atomic E-state index is -1.75. The van der Waals surface area contributed by atoms with Crippen molar-refractivity contribution in [3.05, 3.63) is 0 Å². The lowest BCUT2D eigenvalue weighted by atomic mass is 9.93. The van der Waals surface area contributed by atoms with Crippen molar-refractivity contribution in [2.45, 2.75) is 342 Å². The van der Waals surface area contributed by atoms with Crippen LogP contribution in [0.1, 0.15) is 318 Å². The highest BCUT2D eigenvalue weighted by molar-refractivity contribution is 6.74. The lowest BCUT2D eigenvalue weighted by molar-refractivity contribution is -0.107. The van der Waals surface area contributed by atoms with Gasteiger partial charge < -0.3 is 9.22 Å². The van der Waals surface area contributed by atoms with E-state index in [1.54, 1.807) is 0 Å². The lowest BCUT2D eigenvalue weighted by Crippen LogP contribution is -2.45. The Labute approximate surface area is 387 Å². The summed E-state index contributed by atoms with van der Waals surface area (Å²) in [6.45, 7) is 19.5. The van der Waals surface area contributed by atoms with E-state index in [2.05, 4.69) is 54.6 Å². The molecule has 1 aliphatic carbocycles. The highest BCUT2D eigenvalue weighted by Gasteiger charge is 2.40. The third-order valence-corrected chi connectivity index (χ3v) is 20.4. The monoisotopic (exact) mass is 873 g/mol. The fraction of sp³-hybridized carbons (Fsp3) is 0.983. The molecule has 0 amide bonds. The molecule has 364 valence electrons. The number of hydrogen-bond acceptors (Lipinski definition) is 2. The summed E-state index contributed by atoms with van der Waals surface area (Å²) in [6, 6.07) is 0. The maximum atomic E-state index is 10.4. The van der Waals surface area contributed by atoms with Crippen molar-refractivity contribution in [3.63, 3.8) is 0 Å². The molecular weight excluding hydrogens is 757 g/mol. The molecule has 0 N–H and O–H groups in total. The van der Waals surface area contributed by atoms with Crippen molar-refractivity contribution in [2.75, 3.05) is 0 Å². The Morgan fingerprint density at radius 3 is 1.23 bits per heavy atom. The van der Waals surface area contributed by atoms with Crippen LogP contribution in [0.5, 0.6) is 0 Å². The normalized spacial score (nSPS) is 17.2. The largest absolute Gasteiger partial charge is 0.414 e. The molecule has 0 radical (unpaired) electrons. The van der Waals surface area contributed by atoms with Gasteiger partial charge in [0.1, 0.15) is 6.29 Å². The minimum absolute atomic E-state index is 0.291. The lowest BCUT2D eigenvalue weighted by Gasteiger charge is -2.41. The van der Waals surface area contributed by atoms with Crippen LogP contribution in [-0.4, -0.2) is 20.7 Å². The van der Waals surface area contributed by atoms with Gasteiger partial charge in [-0.25, -0.2) is 0 Å². The first-order valence-corrected chi connectivity index (χ1v) is 31.6. The second-order valence-electron chi connectivity index (χ2n) is 22.9. The highest BCUT2D eigenvalue weighted by Crippen LogP contribution is 2.49. The molecule has 0 aromatic carbocycles. The summed E-state index contributed by atoms with van der Waals surface area (Å²) in [6.07, 6.45) is 62.2. The zero-order chi connectivity index (χ0) is 44.7. The van der Waals surface area contributed by atoms with Gasteiger partial charge in [0, 0.05) is 12.5 Å². The maximum Gasteiger partial charge on any atom is 0.192 e. The molecule has 1 fully saturated rings. The number of aldehydes is 1. The topological polar surface area (TPSA) is 26.3 Å². The number of carbonyl (C=O) groups is 1. The third-order valence-electron chi connectivity index (χ3n) is 15.9. The highest BCUT2D eigenvalue weighted by atomic mass is 28.4. The van der Waals surface area contributed by atoms with E-state index in [-0.39, 0.29) is 0 Å². The molecule has 0 aromatic heterocycles. The molecule has 0 spiro atoms. The summed E-state index contributed by atoms with van der Waals surface area (Å²) in [5.41, 5.74) is 0. The van der Waals surface area contributed by atoms with Gasteiger partial charge in [-0.15, -0.1) is 0 Å². The van der Waals surface area contributed by atoms with Crippen molar-refractivity contribution in [3.8, 4) is 0 Å². The molecule has 0 aliphatic heterocycles. The Hall–Kier alpha value is -0.153. The Bertz CT molecular complexity index is 924. The van der Waals surface area contributed by atoms with E-state index in [9.17, 15) is 4.79 Å². The summed E-state index contributed by atoms with van der Waals surface area (Å²) in [7, 11) is -1.75. The van der Waals surface area contributed by atoms with Crippen molar-refractivity contribution in [1.29, 1.82) is 0 Å². The fourth-order valence-electron chi connectivity index (χ4n) is 10.2. The Morgan fingerprint density at radius 2 is 0.836 bits per heavy atom. The van der Waals surface area contributed by atoms with E-state index in [1.807, 2.05) is 0 Å². The van der Waals surface area contributed by atoms with Crippen LogP contribution in [0.3, 0.4) is 0 Å². The maximum absolute atomic E-state index is 10.4. The smallest absolute Gasteiger partial charge is 0.192 e. The minimum Gasteiger partial charge on any atom is -0.414 e. The zero-order valence-electron chi connectivity index (χ0n) is 43.7. The van der Waals surface area contributed by atoms with Crippen LogP contribution < -0.4 is 0 Å². The summed E-state index contributed by atoms with van der Waals surface area (Å²) >= 11 is 0. The molecule has 0 bridgehead atoms. The van der Waals surface area contributed by atoms with Crippen LogP contribution in [0.25, 0.3) is 0 Å². The van der Waals surface area contributed by atoms with Gasteiger partial charge in [0.25, 0.3) is 0 Å². The van der Waals surface area contributed by atoms with Crippen molar-refractivity contribution < 1.29 is 9.22 Å². The molecule has 2 nitrogen and oxygen atoms in total. The molecule has 0 saturated heterocycles. The van der Waals surface area contributed by atoms with Gasteiger partial charge in [-0.05, 0) is 67.5 Å². The van der Waals surface area contributed by atoms with Crippen LogP contribution in [0.2, 0.25) is 18.1 Å². The standard InChI is InChI=1S/C58H116O2Si/c1-9-10-11-12-13-14-15-16-17-20-24-27-30-33-38-43-48-54(3)57(60-61(7,8)58(4,5)6)50-45-40-34-31-28-25-22-19-18-21-23-26-29-32-37-42-47-53(2)56-52-55(56)49-44-39-35-36-41-46-51-59/h51,53-57H,9-50,52H2,1-8H3/t53-,54-,55-,56+,57-/m0/s1. The van der Waals surface area contributed by atoms with E-state index in [1.165, 1.54) is 263 Å². The van der Waals surface area contributed by atoms with Crippen LogP contribution in [0.15, 0.2) is 0 Å². The van der Waals surface area contributed by atoms with Crippen LogP contribution in [0, 0.1) is 23.7 Å². The first kappa shape index (κ1) is 58.9. The van der Waals surface area contributed by atoms with E-state index in [4.69, 9.17) is 4.43 Å². The molecule has 3 heteroatoms. The SMILES string of the molecule is CCCCCCCCCCCCCCCCCC[C@H](C)[C@H](CCCCCCCCCCCCCCCCCC[C@H](C)[C@H]1C[C@@H]1CCCCCCCC=O)O[Si](C)(C)C(C)(C)C. The van der Waals surface area contributed by atoms with Crippen molar-refractivity contribution in [1.82, 2.24) is 0 Å². The first-order chi connectivity index (χ1) is 29.5. The molecule has 0 unspecified atom stereocenters. The van der Waals surface area contributed by atoms with E-state index in [0.29, 0.717) is 17.1 Å². The summed E-state index contributed by atoms with van der Waals surface area (Å²) in [5, 5.41) is 0.291. The van der Waals surface area contributed by atoms with Crippen molar-refractivity contribution >= 4 is 14.6 Å². The number of unbranched alkanes of at least 4 members (excludes halogenated alkanes) is 35. The second-order valence-corrected chi connectivity index (χ2v) is 27.6. The van der Waals surface area contributed by atoms with Gasteiger partial charge in [-0.2, -0.15) is 0 Å². The Kier molecular flexibility index (Phi) is 38.7. The van der Waals surface area contributed by atoms with Crippen LogP contribution >= 0.6 is 0 Å². The Morgan fingerprint density at radius 1 is 0.492 bits per heavy atom. The van der Waals surface area contributed by atoms with E-state index < -0.39 is 8.32 Å². The number of carbonyl (C=O) groups excluding carboxylic acids is 1. The molecule has 0 heterocycles. The van der Waals surface area contributed by atoms with Gasteiger partial charge in [0.15, 0.2) is 8.32 Å². The summed E-state index contributed by atoms with van der Waals surface area (Å²) < 4.78 is 7.15. The number of rotatable bonds is 48. The predicted octanol–water partition coefficient (Wildman–Crippen LogP) is 20.9. The molecule has 61 heavy (non-hydrogen) atoms. The molecule has 1 rings (SSSR count). The average Bonchev–Trinajstić information content (AvgIpc) is 4.01. The zero-order valence-corrected chi connectivity index (χ0v) is 44.7. The quantitative estimate of drug-likeness (QED) is 0.0346. The second kappa shape index (κ2) is 40.1. The van der Waals surface area contributed by atoms with Gasteiger partial charge in [0.05, 0.1) is 0 Å². The van der Waals surface area contributed by atoms with E-state index >= 15 is 0 Å². The summed E-state index contributed by atoms with van der Waals surface area (Å²) in [4.78, 5) is 10.4. The van der Waals surface area contributed by atoms with Gasteiger partial charge in [0.2, 0.25) is 0 Å². The van der Waals surface area contributed by atoms with Gasteiger partial charge >= 0.3 is 0 Å². The molecule has 0 aromatic rings. The average molecular weight is 874 g/mol. The summed E-state index contributed by atoms with van der Waals surface area (Å²) in [5.74, 6) is 3.74. The van der Waals surface area contributed by atoms with Crippen LogP contribution in [-0.2, 0) is 9.22 Å².